The molecule has 2 amide bonds. The van der Waals surface area contributed by atoms with Gasteiger partial charge in [-0.3, -0.25) is 9.59 Å². The fourth-order valence-corrected chi connectivity index (χ4v) is 1.60. The van der Waals surface area contributed by atoms with Crippen LogP contribution in [-0.2, 0) is 14.3 Å². The highest BCUT2D eigenvalue weighted by Gasteiger charge is 2.11. The first-order valence-electron chi connectivity index (χ1n) is 6.50. The summed E-state index contributed by atoms with van der Waals surface area (Å²) in [7, 11) is 1.51. The van der Waals surface area contributed by atoms with Crippen LogP contribution in [0, 0.1) is 0 Å². The third-order valence-corrected chi connectivity index (χ3v) is 2.74. The van der Waals surface area contributed by atoms with Gasteiger partial charge in [0, 0.05) is 32.3 Å². The number of amides is 2. The molecule has 4 N–H and O–H groups in total. The average molecular weight is 316 g/mol. The van der Waals surface area contributed by atoms with Crippen molar-refractivity contribution in [3.05, 3.63) is 30.3 Å². The number of ether oxygens (including phenoxy) is 1. The van der Waals surface area contributed by atoms with Gasteiger partial charge in [0.1, 0.15) is 0 Å². The lowest BCUT2D eigenvalue weighted by molar-refractivity contribution is -0.123. The van der Waals surface area contributed by atoms with Crippen LogP contribution in [-0.4, -0.2) is 38.1 Å². The molecule has 0 aliphatic rings. The monoisotopic (exact) mass is 315 g/mol. The van der Waals surface area contributed by atoms with E-state index in [1.54, 1.807) is 12.1 Å². The third-order valence-electron chi connectivity index (χ3n) is 2.74. The van der Waals surface area contributed by atoms with Gasteiger partial charge in [0.05, 0.1) is 12.5 Å². The molecule has 1 unspecified atom stereocenters. The summed E-state index contributed by atoms with van der Waals surface area (Å²) in [5, 5.41) is 5.41. The first-order chi connectivity index (χ1) is 9.65. The highest BCUT2D eigenvalue weighted by molar-refractivity contribution is 5.91. The van der Waals surface area contributed by atoms with Gasteiger partial charge in [0.2, 0.25) is 11.8 Å². The normalized spacial score (nSPS) is 11.1. The Morgan fingerprint density at radius 1 is 1.24 bits per heavy atom. The number of methoxy groups -OCH3 is 1. The quantitative estimate of drug-likeness (QED) is 0.665. The van der Waals surface area contributed by atoms with Crippen molar-refractivity contribution in [1.29, 1.82) is 0 Å². The molecular weight excluding hydrogens is 294 g/mol. The molecule has 0 heterocycles. The lowest BCUT2D eigenvalue weighted by atomic mass is 10.2. The number of hydrogen-bond acceptors (Lipinski definition) is 4. The van der Waals surface area contributed by atoms with Crippen LogP contribution in [0.5, 0.6) is 0 Å². The lowest BCUT2D eigenvalue weighted by Gasteiger charge is -2.12. The van der Waals surface area contributed by atoms with Crippen LogP contribution in [0.25, 0.3) is 0 Å². The smallest absolute Gasteiger partial charge is 0.226 e. The van der Waals surface area contributed by atoms with Crippen LogP contribution >= 0.6 is 12.4 Å². The molecule has 0 fully saturated rings. The second-order valence-electron chi connectivity index (χ2n) is 4.31. The number of para-hydroxylation sites is 1. The molecule has 21 heavy (non-hydrogen) atoms. The first-order valence-corrected chi connectivity index (χ1v) is 6.50. The van der Waals surface area contributed by atoms with Gasteiger partial charge in [-0.05, 0) is 12.1 Å². The van der Waals surface area contributed by atoms with Gasteiger partial charge in [-0.15, -0.1) is 12.4 Å². The Bertz CT molecular complexity index is 425. The molecule has 0 aromatic heterocycles. The van der Waals surface area contributed by atoms with Crippen molar-refractivity contribution in [1.82, 2.24) is 5.32 Å². The zero-order chi connectivity index (χ0) is 14.8. The molecule has 0 radical (unpaired) electrons. The summed E-state index contributed by atoms with van der Waals surface area (Å²) in [5.74, 6) is -0.312. The van der Waals surface area contributed by atoms with E-state index in [-0.39, 0.29) is 43.2 Å². The van der Waals surface area contributed by atoms with Crippen molar-refractivity contribution < 1.29 is 14.3 Å². The van der Waals surface area contributed by atoms with Crippen LogP contribution < -0.4 is 16.4 Å². The third kappa shape index (κ3) is 8.29. The molecule has 0 saturated carbocycles. The van der Waals surface area contributed by atoms with Crippen molar-refractivity contribution in [2.75, 3.05) is 25.5 Å². The predicted molar refractivity (Wildman–Crippen MR) is 84.4 cm³/mol. The van der Waals surface area contributed by atoms with E-state index in [1.165, 1.54) is 7.11 Å². The number of halogens is 1. The minimum Gasteiger partial charge on any atom is -0.380 e. The molecular formula is C14H22ClN3O3. The molecule has 1 aromatic carbocycles. The topological polar surface area (TPSA) is 93.4 Å². The predicted octanol–water partition coefficient (Wildman–Crippen LogP) is 0.917. The summed E-state index contributed by atoms with van der Waals surface area (Å²) >= 11 is 0. The van der Waals surface area contributed by atoms with E-state index in [0.717, 1.165) is 5.69 Å². The summed E-state index contributed by atoms with van der Waals surface area (Å²) < 4.78 is 5.01. The van der Waals surface area contributed by atoms with Gasteiger partial charge >= 0.3 is 0 Å². The minimum absolute atomic E-state index is 0. The minimum atomic E-state index is -0.284. The molecule has 7 heteroatoms. The number of carbonyl (C=O) groups excluding carboxylic acids is 2. The maximum absolute atomic E-state index is 11.6. The summed E-state index contributed by atoms with van der Waals surface area (Å²) in [4.78, 5) is 23.2. The average Bonchev–Trinajstić information content (AvgIpc) is 2.45. The number of rotatable bonds is 8. The molecule has 0 bridgehead atoms. The number of hydrogen-bond donors (Lipinski definition) is 3. The first kappa shape index (κ1) is 19.4. The highest BCUT2D eigenvalue weighted by atomic mass is 35.5. The van der Waals surface area contributed by atoms with E-state index in [4.69, 9.17) is 10.5 Å². The largest absolute Gasteiger partial charge is 0.380 e. The number of carbonyl (C=O) groups is 2. The molecule has 1 atom stereocenters. The SMILES string of the molecule is COC(CN)CC(=O)NCCC(=O)Nc1ccccc1.Cl. The molecule has 118 valence electrons. The maximum atomic E-state index is 11.6. The van der Waals surface area contributed by atoms with Gasteiger partial charge in [0.25, 0.3) is 0 Å². The van der Waals surface area contributed by atoms with E-state index < -0.39 is 0 Å². The van der Waals surface area contributed by atoms with Crippen molar-refractivity contribution in [3.8, 4) is 0 Å². The second-order valence-corrected chi connectivity index (χ2v) is 4.31. The van der Waals surface area contributed by atoms with Gasteiger partial charge < -0.3 is 21.1 Å². The Morgan fingerprint density at radius 3 is 2.48 bits per heavy atom. The van der Waals surface area contributed by atoms with E-state index >= 15 is 0 Å². The van der Waals surface area contributed by atoms with Crippen LogP contribution in [0.15, 0.2) is 30.3 Å². The number of anilines is 1. The van der Waals surface area contributed by atoms with Crippen molar-refractivity contribution in [3.63, 3.8) is 0 Å². The van der Waals surface area contributed by atoms with Crippen LogP contribution in [0.4, 0.5) is 5.69 Å². The van der Waals surface area contributed by atoms with E-state index in [9.17, 15) is 9.59 Å². The molecule has 1 rings (SSSR count). The molecule has 1 aromatic rings. The highest BCUT2D eigenvalue weighted by Crippen LogP contribution is 2.05. The van der Waals surface area contributed by atoms with Gasteiger partial charge in [-0.1, -0.05) is 18.2 Å². The Hall–Kier alpha value is -1.63. The number of benzene rings is 1. The van der Waals surface area contributed by atoms with Gasteiger partial charge in [0.15, 0.2) is 0 Å². The summed E-state index contributed by atoms with van der Waals surface area (Å²) in [6.45, 7) is 0.580. The fraction of sp³-hybridized carbons (Fsp3) is 0.429. The maximum Gasteiger partial charge on any atom is 0.226 e. The fourth-order valence-electron chi connectivity index (χ4n) is 1.60. The standard InChI is InChI=1S/C14H21N3O3.ClH/c1-20-12(10-15)9-14(19)16-8-7-13(18)17-11-5-3-2-4-6-11;/h2-6,12H,7-10,15H2,1H3,(H,16,19)(H,17,18);1H. The van der Waals surface area contributed by atoms with Crippen molar-refractivity contribution >= 4 is 29.9 Å². The van der Waals surface area contributed by atoms with Crippen molar-refractivity contribution in [2.24, 2.45) is 5.73 Å². The molecule has 6 nitrogen and oxygen atoms in total. The lowest BCUT2D eigenvalue weighted by Crippen LogP contribution is -2.33. The van der Waals surface area contributed by atoms with Crippen LogP contribution in [0.3, 0.4) is 0 Å². The van der Waals surface area contributed by atoms with Crippen LogP contribution in [0.2, 0.25) is 0 Å². The zero-order valence-corrected chi connectivity index (χ0v) is 12.8. The Morgan fingerprint density at radius 2 is 1.90 bits per heavy atom. The Labute approximate surface area is 130 Å². The molecule has 0 spiro atoms. The van der Waals surface area contributed by atoms with E-state index in [1.807, 2.05) is 18.2 Å². The van der Waals surface area contributed by atoms with Crippen LogP contribution in [0.1, 0.15) is 12.8 Å². The molecule has 0 aliphatic heterocycles. The number of nitrogens with two attached hydrogens (primary N) is 1. The van der Waals surface area contributed by atoms with Gasteiger partial charge in [-0.2, -0.15) is 0 Å². The summed E-state index contributed by atoms with van der Waals surface area (Å²) in [5.41, 5.74) is 6.17. The number of nitrogens with one attached hydrogen (secondary N) is 2. The van der Waals surface area contributed by atoms with Gasteiger partial charge in [-0.25, -0.2) is 0 Å². The summed E-state index contributed by atoms with van der Waals surface area (Å²) in [6, 6.07) is 9.17. The Kier molecular flexibility index (Phi) is 10.2. The van der Waals surface area contributed by atoms with Crippen molar-refractivity contribution in [2.45, 2.75) is 18.9 Å². The molecule has 0 saturated heterocycles. The Balaban J connectivity index is 0.00000400. The van der Waals surface area contributed by atoms with E-state index in [2.05, 4.69) is 10.6 Å². The molecule has 0 aliphatic carbocycles. The second kappa shape index (κ2) is 11.1. The summed E-state index contributed by atoms with van der Waals surface area (Å²) in [6.07, 6.45) is 0.141. The zero-order valence-electron chi connectivity index (χ0n) is 12.0. The van der Waals surface area contributed by atoms with E-state index in [0.29, 0.717) is 13.1 Å².